The summed E-state index contributed by atoms with van der Waals surface area (Å²) in [5.74, 6) is 0.235. The van der Waals surface area contributed by atoms with Crippen LogP contribution in [0.5, 0.6) is 0 Å². The van der Waals surface area contributed by atoms with Gasteiger partial charge in [0.1, 0.15) is 0 Å². The molecule has 0 fully saturated rings. The third kappa shape index (κ3) is 2.30. The lowest BCUT2D eigenvalue weighted by Crippen LogP contribution is -2.12. The fraction of sp³-hybridized carbons (Fsp3) is 0.300. The largest absolute Gasteiger partial charge is 0.293 e. The van der Waals surface area contributed by atoms with Gasteiger partial charge in [-0.25, -0.2) is 0 Å². The van der Waals surface area contributed by atoms with E-state index in [1.54, 1.807) is 0 Å². The third-order valence-electron chi connectivity index (χ3n) is 1.70. The van der Waals surface area contributed by atoms with Crippen LogP contribution in [-0.2, 0) is 0 Å². The van der Waals surface area contributed by atoms with E-state index in [1.807, 2.05) is 37.3 Å². The van der Waals surface area contributed by atoms with Crippen molar-refractivity contribution in [3.8, 4) is 0 Å². The van der Waals surface area contributed by atoms with E-state index in [0.29, 0.717) is 0 Å². The van der Waals surface area contributed by atoms with Crippen LogP contribution in [0.15, 0.2) is 30.3 Å². The van der Waals surface area contributed by atoms with Crippen molar-refractivity contribution in [2.24, 2.45) is 0 Å². The SMILES string of the molecule is CCC(I)C(=O)c1ccccc1. The van der Waals surface area contributed by atoms with Crippen LogP contribution in [0.2, 0.25) is 0 Å². The number of carbonyl (C=O) groups is 1. The molecular formula is C10H11IO. The number of alkyl halides is 1. The Labute approximate surface area is 86.3 Å². The first-order chi connectivity index (χ1) is 5.75. The summed E-state index contributed by atoms with van der Waals surface area (Å²) in [5, 5.41) is 0. The fourth-order valence-electron chi connectivity index (χ4n) is 0.969. The van der Waals surface area contributed by atoms with Gasteiger partial charge in [-0.05, 0) is 6.42 Å². The molecule has 0 aliphatic rings. The molecule has 0 bridgehead atoms. The van der Waals surface area contributed by atoms with Gasteiger partial charge in [0.2, 0.25) is 0 Å². The quantitative estimate of drug-likeness (QED) is 0.470. The van der Waals surface area contributed by atoms with Gasteiger partial charge in [-0.3, -0.25) is 4.79 Å². The Morgan fingerprint density at radius 2 is 2.00 bits per heavy atom. The molecule has 0 saturated heterocycles. The minimum atomic E-state index is 0.116. The van der Waals surface area contributed by atoms with Gasteiger partial charge in [0.15, 0.2) is 5.78 Å². The van der Waals surface area contributed by atoms with Gasteiger partial charge in [-0.1, -0.05) is 59.8 Å². The van der Waals surface area contributed by atoms with Crippen LogP contribution in [0, 0.1) is 0 Å². The molecule has 0 spiro atoms. The van der Waals surface area contributed by atoms with Crippen molar-refractivity contribution in [2.45, 2.75) is 17.3 Å². The van der Waals surface area contributed by atoms with E-state index in [-0.39, 0.29) is 9.71 Å². The highest BCUT2D eigenvalue weighted by Gasteiger charge is 2.13. The summed E-state index contributed by atoms with van der Waals surface area (Å²) in [4.78, 5) is 11.6. The lowest BCUT2D eigenvalue weighted by atomic mass is 10.1. The molecule has 12 heavy (non-hydrogen) atoms. The summed E-state index contributed by atoms with van der Waals surface area (Å²) in [5.41, 5.74) is 0.818. The zero-order chi connectivity index (χ0) is 8.97. The highest BCUT2D eigenvalue weighted by molar-refractivity contribution is 14.1. The third-order valence-corrected chi connectivity index (χ3v) is 3.15. The smallest absolute Gasteiger partial charge is 0.175 e. The Morgan fingerprint density at radius 1 is 1.42 bits per heavy atom. The number of hydrogen-bond donors (Lipinski definition) is 0. The Kier molecular flexibility index (Phi) is 3.72. The molecule has 2 heteroatoms. The Hall–Kier alpha value is -0.380. The zero-order valence-electron chi connectivity index (χ0n) is 6.96. The molecular weight excluding hydrogens is 263 g/mol. The molecule has 0 aliphatic carbocycles. The predicted octanol–water partition coefficient (Wildman–Crippen LogP) is 3.08. The van der Waals surface area contributed by atoms with E-state index >= 15 is 0 Å². The van der Waals surface area contributed by atoms with Crippen molar-refractivity contribution in [3.05, 3.63) is 35.9 Å². The Morgan fingerprint density at radius 3 is 2.50 bits per heavy atom. The van der Waals surface area contributed by atoms with Crippen LogP contribution in [0.1, 0.15) is 23.7 Å². The lowest BCUT2D eigenvalue weighted by molar-refractivity contribution is 0.0993. The first-order valence-electron chi connectivity index (χ1n) is 3.99. The molecule has 0 aliphatic heterocycles. The molecule has 1 nitrogen and oxygen atoms in total. The molecule has 0 heterocycles. The normalized spacial score (nSPS) is 12.5. The second-order valence-corrected chi connectivity index (χ2v) is 4.11. The molecule has 64 valence electrons. The van der Waals surface area contributed by atoms with Crippen LogP contribution in [0.3, 0.4) is 0 Å². The van der Waals surface area contributed by atoms with Crippen LogP contribution >= 0.6 is 22.6 Å². The van der Waals surface area contributed by atoms with Crippen molar-refractivity contribution >= 4 is 28.4 Å². The summed E-state index contributed by atoms with van der Waals surface area (Å²) < 4.78 is 0.116. The number of halogens is 1. The predicted molar refractivity (Wildman–Crippen MR) is 58.9 cm³/mol. The van der Waals surface area contributed by atoms with Crippen molar-refractivity contribution in [1.29, 1.82) is 0 Å². The van der Waals surface area contributed by atoms with Gasteiger partial charge in [-0.2, -0.15) is 0 Å². The summed E-state index contributed by atoms with van der Waals surface area (Å²) >= 11 is 2.19. The number of hydrogen-bond acceptors (Lipinski definition) is 1. The van der Waals surface area contributed by atoms with E-state index < -0.39 is 0 Å². The molecule has 0 radical (unpaired) electrons. The van der Waals surface area contributed by atoms with Crippen molar-refractivity contribution in [3.63, 3.8) is 0 Å². The Bertz CT molecular complexity index is 256. The minimum Gasteiger partial charge on any atom is -0.293 e. The molecule has 0 saturated carbocycles. The first-order valence-corrected chi connectivity index (χ1v) is 5.23. The second-order valence-electron chi connectivity index (χ2n) is 2.61. The van der Waals surface area contributed by atoms with E-state index in [0.717, 1.165) is 12.0 Å². The van der Waals surface area contributed by atoms with E-state index in [2.05, 4.69) is 22.6 Å². The number of Topliss-reactive ketones (excluding diaryl/α,β-unsaturated/α-hetero) is 1. The van der Waals surface area contributed by atoms with E-state index in [4.69, 9.17) is 0 Å². The first kappa shape index (κ1) is 9.71. The maximum atomic E-state index is 11.6. The van der Waals surface area contributed by atoms with E-state index in [9.17, 15) is 4.79 Å². The lowest BCUT2D eigenvalue weighted by Gasteiger charge is -2.04. The molecule has 1 aromatic rings. The molecule has 1 rings (SSSR count). The molecule has 1 atom stereocenters. The van der Waals surface area contributed by atoms with Crippen LogP contribution in [0.4, 0.5) is 0 Å². The average Bonchev–Trinajstić information content (AvgIpc) is 2.17. The number of benzene rings is 1. The molecule has 0 N–H and O–H groups in total. The average molecular weight is 274 g/mol. The Balaban J connectivity index is 2.79. The summed E-state index contributed by atoms with van der Waals surface area (Å²) in [7, 11) is 0. The van der Waals surface area contributed by atoms with Gasteiger partial charge in [-0.15, -0.1) is 0 Å². The molecule has 1 aromatic carbocycles. The van der Waals surface area contributed by atoms with Crippen molar-refractivity contribution < 1.29 is 4.79 Å². The maximum absolute atomic E-state index is 11.6. The molecule has 0 amide bonds. The van der Waals surface area contributed by atoms with Gasteiger partial charge in [0.05, 0.1) is 3.92 Å². The van der Waals surface area contributed by atoms with Gasteiger partial charge in [0.25, 0.3) is 0 Å². The fourth-order valence-corrected chi connectivity index (χ4v) is 1.33. The molecule has 1 unspecified atom stereocenters. The molecule has 0 aromatic heterocycles. The minimum absolute atomic E-state index is 0.116. The van der Waals surface area contributed by atoms with Crippen LogP contribution in [0.25, 0.3) is 0 Å². The number of ketones is 1. The van der Waals surface area contributed by atoms with Crippen LogP contribution in [-0.4, -0.2) is 9.71 Å². The summed E-state index contributed by atoms with van der Waals surface area (Å²) in [6, 6.07) is 9.44. The van der Waals surface area contributed by atoms with E-state index in [1.165, 1.54) is 0 Å². The van der Waals surface area contributed by atoms with Crippen molar-refractivity contribution in [1.82, 2.24) is 0 Å². The maximum Gasteiger partial charge on any atom is 0.175 e. The topological polar surface area (TPSA) is 17.1 Å². The second kappa shape index (κ2) is 4.60. The van der Waals surface area contributed by atoms with Gasteiger partial charge < -0.3 is 0 Å². The standard InChI is InChI=1S/C10H11IO/c1-2-9(11)10(12)8-6-4-3-5-7-8/h3-7,9H,2H2,1H3. The van der Waals surface area contributed by atoms with Gasteiger partial charge >= 0.3 is 0 Å². The number of carbonyl (C=O) groups excluding carboxylic acids is 1. The van der Waals surface area contributed by atoms with Crippen molar-refractivity contribution in [2.75, 3.05) is 0 Å². The number of rotatable bonds is 3. The highest BCUT2D eigenvalue weighted by atomic mass is 127. The highest BCUT2D eigenvalue weighted by Crippen LogP contribution is 2.13. The summed E-state index contributed by atoms with van der Waals surface area (Å²) in [6.07, 6.45) is 0.897. The monoisotopic (exact) mass is 274 g/mol. The zero-order valence-corrected chi connectivity index (χ0v) is 9.11. The summed E-state index contributed by atoms with van der Waals surface area (Å²) in [6.45, 7) is 2.03. The van der Waals surface area contributed by atoms with Gasteiger partial charge in [0, 0.05) is 5.56 Å². The van der Waals surface area contributed by atoms with Crippen LogP contribution < -0.4 is 0 Å².